The number of carboxylic acids is 2. The quantitative estimate of drug-likeness (QED) is 0.643. The van der Waals surface area contributed by atoms with Crippen molar-refractivity contribution in [3.63, 3.8) is 0 Å². The summed E-state index contributed by atoms with van der Waals surface area (Å²) in [4.78, 5) is 29.8. The minimum atomic E-state index is -1.31. The van der Waals surface area contributed by atoms with Gasteiger partial charge in [0, 0.05) is 5.56 Å². The van der Waals surface area contributed by atoms with Crippen molar-refractivity contribution in [3.05, 3.63) is 33.9 Å². The maximum absolute atomic E-state index is 10.9. The second kappa shape index (κ2) is 8.89. The first kappa shape index (κ1) is 18.8. The van der Waals surface area contributed by atoms with Crippen molar-refractivity contribution in [2.45, 2.75) is 47.0 Å². The van der Waals surface area contributed by atoms with Gasteiger partial charge in [0.05, 0.1) is 0 Å². The smallest absolute Gasteiger partial charge is 0.314 e. The number of carbonyl (C=O) groups is 3. The SMILES string of the molecule is CCc1c(C=O)cc(C)c(C)c1CC.O=C(O)CC(=O)O. The molecule has 0 amide bonds. The summed E-state index contributed by atoms with van der Waals surface area (Å²) in [7, 11) is 0. The highest BCUT2D eigenvalue weighted by Crippen LogP contribution is 2.22. The first-order chi connectivity index (χ1) is 9.78. The van der Waals surface area contributed by atoms with Crippen LogP contribution in [-0.4, -0.2) is 28.4 Å². The molecule has 0 radical (unpaired) electrons. The predicted octanol–water partition coefficient (Wildman–Crippen LogP) is 2.79. The van der Waals surface area contributed by atoms with Gasteiger partial charge in [0.25, 0.3) is 0 Å². The lowest BCUT2D eigenvalue weighted by Gasteiger charge is -2.14. The molecule has 5 nitrogen and oxygen atoms in total. The Morgan fingerprint density at radius 3 is 1.81 bits per heavy atom. The summed E-state index contributed by atoms with van der Waals surface area (Å²) < 4.78 is 0. The summed E-state index contributed by atoms with van der Waals surface area (Å²) in [5.74, 6) is -2.62. The van der Waals surface area contributed by atoms with Crippen LogP contribution in [0.5, 0.6) is 0 Å². The van der Waals surface area contributed by atoms with E-state index in [-0.39, 0.29) is 0 Å². The van der Waals surface area contributed by atoms with Crippen molar-refractivity contribution in [2.24, 2.45) is 0 Å². The van der Waals surface area contributed by atoms with E-state index < -0.39 is 18.4 Å². The van der Waals surface area contributed by atoms with Crippen LogP contribution in [0, 0.1) is 13.8 Å². The fourth-order valence-corrected chi connectivity index (χ4v) is 2.20. The van der Waals surface area contributed by atoms with Crippen molar-refractivity contribution in [1.82, 2.24) is 0 Å². The van der Waals surface area contributed by atoms with Crippen LogP contribution in [0.1, 0.15) is 52.9 Å². The number of hydrogen-bond donors (Lipinski definition) is 2. The maximum Gasteiger partial charge on any atom is 0.314 e. The van der Waals surface area contributed by atoms with Gasteiger partial charge < -0.3 is 10.2 Å². The van der Waals surface area contributed by atoms with Crippen molar-refractivity contribution in [1.29, 1.82) is 0 Å². The molecule has 1 rings (SSSR count). The van der Waals surface area contributed by atoms with Gasteiger partial charge in [-0.2, -0.15) is 0 Å². The van der Waals surface area contributed by atoms with Crippen LogP contribution in [-0.2, 0) is 22.4 Å². The van der Waals surface area contributed by atoms with E-state index in [1.807, 2.05) is 6.07 Å². The van der Waals surface area contributed by atoms with E-state index in [0.29, 0.717) is 0 Å². The highest BCUT2D eigenvalue weighted by Gasteiger charge is 2.10. The number of aryl methyl sites for hydroxylation is 1. The fraction of sp³-hybridized carbons (Fsp3) is 0.438. The minimum absolute atomic E-state index is 0.806. The molecule has 0 aliphatic carbocycles. The molecule has 21 heavy (non-hydrogen) atoms. The monoisotopic (exact) mass is 294 g/mol. The molecular formula is C16H22O5. The van der Waals surface area contributed by atoms with Crippen LogP contribution >= 0.6 is 0 Å². The highest BCUT2D eigenvalue weighted by atomic mass is 16.4. The molecule has 0 aromatic heterocycles. The Balaban J connectivity index is 0.000000486. The lowest BCUT2D eigenvalue weighted by molar-refractivity contribution is -0.147. The average Bonchev–Trinajstić information content (AvgIpc) is 2.40. The molecule has 0 spiro atoms. The van der Waals surface area contributed by atoms with Crippen molar-refractivity contribution < 1.29 is 24.6 Å². The Bertz CT molecular complexity index is 520. The Morgan fingerprint density at radius 2 is 1.52 bits per heavy atom. The molecule has 116 valence electrons. The lowest BCUT2D eigenvalue weighted by Crippen LogP contribution is -2.03. The van der Waals surface area contributed by atoms with E-state index in [4.69, 9.17) is 10.2 Å². The number of aliphatic carboxylic acids is 2. The molecule has 0 fully saturated rings. The summed E-state index contributed by atoms with van der Waals surface area (Å²) in [6.45, 7) is 8.47. The molecular weight excluding hydrogens is 272 g/mol. The largest absolute Gasteiger partial charge is 0.481 e. The van der Waals surface area contributed by atoms with E-state index in [1.165, 1.54) is 22.3 Å². The standard InChI is InChI=1S/C13H18O.C3H4O4/c1-5-12-10(4)9(3)7-11(8-14)13(12)6-2;4-2(5)1-3(6)7/h7-8H,5-6H2,1-4H3;1H2,(H,4,5)(H,6,7). The van der Waals surface area contributed by atoms with E-state index in [9.17, 15) is 14.4 Å². The van der Waals surface area contributed by atoms with Crippen LogP contribution in [0.3, 0.4) is 0 Å². The van der Waals surface area contributed by atoms with Gasteiger partial charge in [0.2, 0.25) is 0 Å². The third-order valence-electron chi connectivity index (χ3n) is 3.27. The van der Waals surface area contributed by atoms with Gasteiger partial charge in [-0.05, 0) is 55.0 Å². The molecule has 0 atom stereocenters. The molecule has 2 N–H and O–H groups in total. The van der Waals surface area contributed by atoms with E-state index >= 15 is 0 Å². The number of benzene rings is 1. The molecule has 1 aromatic rings. The highest BCUT2D eigenvalue weighted by molar-refractivity contribution is 5.88. The van der Waals surface area contributed by atoms with Gasteiger partial charge in [-0.3, -0.25) is 14.4 Å². The average molecular weight is 294 g/mol. The lowest BCUT2D eigenvalue weighted by atomic mass is 9.90. The zero-order chi connectivity index (χ0) is 16.6. The van der Waals surface area contributed by atoms with Crippen molar-refractivity contribution in [2.75, 3.05) is 0 Å². The summed E-state index contributed by atoms with van der Waals surface area (Å²) in [5.41, 5.74) is 6.02. The first-order valence-corrected chi connectivity index (χ1v) is 6.79. The molecule has 0 heterocycles. The topological polar surface area (TPSA) is 91.7 Å². The molecule has 0 unspecified atom stereocenters. The van der Waals surface area contributed by atoms with Crippen LogP contribution in [0.4, 0.5) is 0 Å². The zero-order valence-corrected chi connectivity index (χ0v) is 12.9. The Hall–Kier alpha value is -2.17. The minimum Gasteiger partial charge on any atom is -0.481 e. The third-order valence-corrected chi connectivity index (χ3v) is 3.27. The molecule has 5 heteroatoms. The number of carbonyl (C=O) groups excluding carboxylic acids is 1. The Labute approximate surface area is 124 Å². The Kier molecular flexibility index (Phi) is 7.97. The van der Waals surface area contributed by atoms with Gasteiger partial charge in [-0.25, -0.2) is 0 Å². The predicted molar refractivity (Wildman–Crippen MR) is 79.9 cm³/mol. The van der Waals surface area contributed by atoms with Gasteiger partial charge in [-0.1, -0.05) is 13.8 Å². The number of hydrogen-bond acceptors (Lipinski definition) is 3. The molecule has 0 bridgehead atoms. The molecule has 0 saturated carbocycles. The second-order valence-corrected chi connectivity index (χ2v) is 4.65. The normalized spacial score (nSPS) is 9.52. The van der Waals surface area contributed by atoms with Crippen LogP contribution in [0.25, 0.3) is 0 Å². The Morgan fingerprint density at radius 1 is 1.05 bits per heavy atom. The summed E-state index contributed by atoms with van der Waals surface area (Å²) >= 11 is 0. The second-order valence-electron chi connectivity index (χ2n) is 4.65. The van der Waals surface area contributed by atoms with Crippen LogP contribution in [0.2, 0.25) is 0 Å². The molecule has 0 aliphatic rings. The van der Waals surface area contributed by atoms with E-state index in [0.717, 1.165) is 24.7 Å². The van der Waals surface area contributed by atoms with Gasteiger partial charge >= 0.3 is 11.9 Å². The van der Waals surface area contributed by atoms with Gasteiger partial charge in [0.1, 0.15) is 12.7 Å². The third kappa shape index (κ3) is 5.77. The van der Waals surface area contributed by atoms with Crippen molar-refractivity contribution in [3.8, 4) is 0 Å². The molecule has 0 aliphatic heterocycles. The van der Waals surface area contributed by atoms with Crippen LogP contribution in [0.15, 0.2) is 6.07 Å². The number of carboxylic acid groups (broad SMARTS) is 2. The number of rotatable bonds is 5. The zero-order valence-electron chi connectivity index (χ0n) is 12.9. The van der Waals surface area contributed by atoms with E-state index in [2.05, 4.69) is 27.7 Å². The van der Waals surface area contributed by atoms with Crippen LogP contribution < -0.4 is 0 Å². The summed E-state index contributed by atoms with van der Waals surface area (Å²) in [5, 5.41) is 15.4. The summed E-state index contributed by atoms with van der Waals surface area (Å²) in [6, 6.07) is 2.00. The molecule has 0 saturated heterocycles. The summed E-state index contributed by atoms with van der Waals surface area (Å²) in [6.07, 6.45) is 2.13. The van der Waals surface area contributed by atoms with Crippen molar-refractivity contribution >= 4 is 18.2 Å². The van der Waals surface area contributed by atoms with E-state index in [1.54, 1.807) is 0 Å². The van der Waals surface area contributed by atoms with Gasteiger partial charge in [-0.15, -0.1) is 0 Å². The molecule has 1 aromatic carbocycles. The first-order valence-electron chi connectivity index (χ1n) is 6.79. The fourth-order valence-electron chi connectivity index (χ4n) is 2.20. The maximum atomic E-state index is 10.9. The van der Waals surface area contributed by atoms with Gasteiger partial charge in [0.15, 0.2) is 0 Å². The number of aldehydes is 1.